The summed E-state index contributed by atoms with van der Waals surface area (Å²) in [4.78, 5) is 0. The summed E-state index contributed by atoms with van der Waals surface area (Å²) in [5.41, 5.74) is 1.33. The Hall–Kier alpha value is -0.840. The molecule has 0 amide bonds. The van der Waals surface area contributed by atoms with Gasteiger partial charge >= 0.3 is 0 Å². The van der Waals surface area contributed by atoms with Gasteiger partial charge in [-0.15, -0.1) is 0 Å². The SMILES string of the molecule is CNCC(CCOc1ccc(Br)cc1)c1ccccc1Br. The van der Waals surface area contributed by atoms with Crippen molar-refractivity contribution in [1.29, 1.82) is 0 Å². The largest absolute Gasteiger partial charge is 0.494 e. The Morgan fingerprint density at radius 1 is 1.05 bits per heavy atom. The highest BCUT2D eigenvalue weighted by atomic mass is 79.9. The fraction of sp³-hybridized carbons (Fsp3) is 0.294. The smallest absolute Gasteiger partial charge is 0.119 e. The second-order valence-corrected chi connectivity index (χ2v) is 6.64. The molecule has 0 saturated carbocycles. The molecule has 1 N–H and O–H groups in total. The predicted octanol–water partition coefficient (Wildman–Crippen LogP) is 4.98. The first-order valence-corrected chi connectivity index (χ1v) is 8.56. The first-order chi connectivity index (χ1) is 10.2. The van der Waals surface area contributed by atoms with Crippen molar-refractivity contribution in [2.75, 3.05) is 20.2 Å². The monoisotopic (exact) mass is 411 g/mol. The van der Waals surface area contributed by atoms with Crippen LogP contribution in [0.5, 0.6) is 5.75 Å². The van der Waals surface area contributed by atoms with Crippen LogP contribution in [-0.4, -0.2) is 20.2 Å². The zero-order valence-corrected chi connectivity index (χ0v) is 15.2. The number of halogens is 2. The van der Waals surface area contributed by atoms with E-state index in [1.54, 1.807) is 0 Å². The second-order valence-electron chi connectivity index (χ2n) is 4.87. The molecule has 1 unspecified atom stereocenters. The Kier molecular flexibility index (Phi) is 6.74. The van der Waals surface area contributed by atoms with Gasteiger partial charge in [0.05, 0.1) is 6.61 Å². The first-order valence-electron chi connectivity index (χ1n) is 6.98. The van der Waals surface area contributed by atoms with Crippen molar-refractivity contribution in [3.8, 4) is 5.75 Å². The van der Waals surface area contributed by atoms with E-state index >= 15 is 0 Å². The van der Waals surface area contributed by atoms with Crippen LogP contribution in [0.15, 0.2) is 57.5 Å². The van der Waals surface area contributed by atoms with E-state index in [0.29, 0.717) is 12.5 Å². The van der Waals surface area contributed by atoms with E-state index in [9.17, 15) is 0 Å². The minimum absolute atomic E-state index is 0.432. The lowest BCUT2D eigenvalue weighted by atomic mass is 9.96. The fourth-order valence-electron chi connectivity index (χ4n) is 2.27. The zero-order valence-electron chi connectivity index (χ0n) is 12.0. The average molecular weight is 413 g/mol. The van der Waals surface area contributed by atoms with E-state index in [1.807, 2.05) is 37.4 Å². The third kappa shape index (κ3) is 5.13. The lowest BCUT2D eigenvalue weighted by molar-refractivity contribution is 0.296. The van der Waals surface area contributed by atoms with Crippen LogP contribution in [0, 0.1) is 0 Å². The number of nitrogens with one attached hydrogen (secondary N) is 1. The lowest BCUT2D eigenvalue weighted by Crippen LogP contribution is -2.19. The number of hydrogen-bond acceptors (Lipinski definition) is 2. The molecular formula is C17H19Br2NO. The number of ether oxygens (including phenoxy) is 1. The van der Waals surface area contributed by atoms with E-state index in [0.717, 1.165) is 27.7 Å². The molecule has 0 radical (unpaired) electrons. The predicted molar refractivity (Wildman–Crippen MR) is 95.1 cm³/mol. The Bertz CT molecular complexity index is 557. The third-order valence-electron chi connectivity index (χ3n) is 3.34. The fourth-order valence-corrected chi connectivity index (χ4v) is 3.14. The zero-order chi connectivity index (χ0) is 15.1. The van der Waals surface area contributed by atoms with Gasteiger partial charge in [-0.3, -0.25) is 0 Å². The molecule has 2 aromatic carbocycles. The van der Waals surface area contributed by atoms with Gasteiger partial charge in [-0.1, -0.05) is 50.1 Å². The molecule has 0 fully saturated rings. The molecule has 112 valence electrons. The van der Waals surface area contributed by atoms with Gasteiger partial charge in [0, 0.05) is 21.4 Å². The Balaban J connectivity index is 1.94. The maximum Gasteiger partial charge on any atom is 0.119 e. The van der Waals surface area contributed by atoms with Crippen LogP contribution < -0.4 is 10.1 Å². The van der Waals surface area contributed by atoms with Gasteiger partial charge in [0.1, 0.15) is 5.75 Å². The molecule has 2 aromatic rings. The van der Waals surface area contributed by atoms with Crippen LogP contribution in [0.25, 0.3) is 0 Å². The van der Waals surface area contributed by atoms with Gasteiger partial charge in [-0.25, -0.2) is 0 Å². The molecule has 0 aliphatic rings. The lowest BCUT2D eigenvalue weighted by Gasteiger charge is -2.19. The van der Waals surface area contributed by atoms with E-state index in [-0.39, 0.29) is 0 Å². The highest BCUT2D eigenvalue weighted by Gasteiger charge is 2.13. The molecule has 0 aromatic heterocycles. The van der Waals surface area contributed by atoms with Crippen molar-refractivity contribution in [3.63, 3.8) is 0 Å². The molecule has 0 heterocycles. The van der Waals surface area contributed by atoms with Crippen LogP contribution in [0.3, 0.4) is 0 Å². The van der Waals surface area contributed by atoms with Crippen molar-refractivity contribution in [2.45, 2.75) is 12.3 Å². The Labute approximate surface area is 143 Å². The number of benzene rings is 2. The molecule has 0 aliphatic carbocycles. The van der Waals surface area contributed by atoms with E-state index < -0.39 is 0 Å². The third-order valence-corrected chi connectivity index (χ3v) is 4.60. The molecule has 0 saturated heterocycles. The first kappa shape index (κ1) is 16.5. The molecule has 21 heavy (non-hydrogen) atoms. The summed E-state index contributed by atoms with van der Waals surface area (Å²) in [6, 6.07) is 16.3. The molecule has 1 atom stereocenters. The Morgan fingerprint density at radius 3 is 2.43 bits per heavy atom. The highest BCUT2D eigenvalue weighted by molar-refractivity contribution is 9.10. The summed E-state index contributed by atoms with van der Waals surface area (Å²) in [5, 5.41) is 3.27. The van der Waals surface area contributed by atoms with Gasteiger partial charge in [-0.2, -0.15) is 0 Å². The second kappa shape index (κ2) is 8.57. The van der Waals surface area contributed by atoms with Gasteiger partial charge in [-0.05, 0) is 49.4 Å². The van der Waals surface area contributed by atoms with Crippen molar-refractivity contribution in [1.82, 2.24) is 5.32 Å². The molecule has 0 bridgehead atoms. The molecule has 4 heteroatoms. The summed E-state index contributed by atoms with van der Waals surface area (Å²) >= 11 is 7.06. The van der Waals surface area contributed by atoms with Gasteiger partial charge in [0.2, 0.25) is 0 Å². The molecule has 2 rings (SSSR count). The highest BCUT2D eigenvalue weighted by Crippen LogP contribution is 2.27. The van der Waals surface area contributed by atoms with E-state index in [4.69, 9.17) is 4.74 Å². The van der Waals surface area contributed by atoms with Crippen LogP contribution in [-0.2, 0) is 0 Å². The number of hydrogen-bond donors (Lipinski definition) is 1. The maximum atomic E-state index is 5.84. The van der Waals surface area contributed by atoms with Crippen molar-refractivity contribution in [3.05, 3.63) is 63.0 Å². The minimum Gasteiger partial charge on any atom is -0.494 e. The summed E-state index contributed by atoms with van der Waals surface area (Å²) in [6.45, 7) is 1.64. The van der Waals surface area contributed by atoms with Crippen LogP contribution in [0.4, 0.5) is 0 Å². The topological polar surface area (TPSA) is 21.3 Å². The van der Waals surface area contributed by atoms with Crippen molar-refractivity contribution >= 4 is 31.9 Å². The van der Waals surface area contributed by atoms with Gasteiger partial charge in [0.25, 0.3) is 0 Å². The quantitative estimate of drug-likeness (QED) is 0.691. The van der Waals surface area contributed by atoms with Crippen LogP contribution in [0.2, 0.25) is 0 Å². The van der Waals surface area contributed by atoms with Crippen molar-refractivity contribution in [2.24, 2.45) is 0 Å². The summed E-state index contributed by atoms with van der Waals surface area (Å²) < 4.78 is 8.06. The van der Waals surface area contributed by atoms with Crippen LogP contribution in [0.1, 0.15) is 17.9 Å². The molecule has 0 aliphatic heterocycles. The van der Waals surface area contributed by atoms with E-state index in [2.05, 4.69) is 55.4 Å². The summed E-state index contributed by atoms with van der Waals surface area (Å²) in [6.07, 6.45) is 0.972. The van der Waals surface area contributed by atoms with Gasteiger partial charge in [0.15, 0.2) is 0 Å². The standard InChI is InChI=1S/C17H19Br2NO/c1-20-12-13(16-4-2-3-5-17(16)19)10-11-21-15-8-6-14(18)7-9-15/h2-9,13,20H,10-12H2,1H3. The molecule has 0 spiro atoms. The van der Waals surface area contributed by atoms with Crippen LogP contribution >= 0.6 is 31.9 Å². The van der Waals surface area contributed by atoms with E-state index in [1.165, 1.54) is 5.56 Å². The van der Waals surface area contributed by atoms with Gasteiger partial charge < -0.3 is 10.1 Å². The molecule has 2 nitrogen and oxygen atoms in total. The molecular weight excluding hydrogens is 394 g/mol. The summed E-state index contributed by atoms with van der Waals surface area (Å²) in [5.74, 6) is 1.34. The normalized spacial score (nSPS) is 12.1. The average Bonchev–Trinajstić information content (AvgIpc) is 2.49. The summed E-state index contributed by atoms with van der Waals surface area (Å²) in [7, 11) is 1.99. The Morgan fingerprint density at radius 2 is 1.76 bits per heavy atom. The minimum atomic E-state index is 0.432. The number of likely N-dealkylation sites (N-methyl/N-ethyl adjacent to an activating group) is 1. The maximum absolute atomic E-state index is 5.84. The number of rotatable bonds is 7. The van der Waals surface area contributed by atoms with Crippen molar-refractivity contribution < 1.29 is 4.74 Å².